The summed E-state index contributed by atoms with van der Waals surface area (Å²) in [4.78, 5) is 13.0. The summed E-state index contributed by atoms with van der Waals surface area (Å²) in [5.41, 5.74) is 9.10. The van der Waals surface area contributed by atoms with Crippen LogP contribution in [0.1, 0.15) is 52.6 Å². The summed E-state index contributed by atoms with van der Waals surface area (Å²) in [6, 6.07) is 12.8. The number of ketones is 1. The molecule has 1 saturated carbocycles. The molecular weight excluding hydrogens is 304 g/mol. The molecule has 0 bridgehead atoms. The fourth-order valence-electron chi connectivity index (χ4n) is 3.38. The number of Topliss-reactive ketones (excluding diaryl/α,β-unsaturated/α-hetero) is 1. The molecule has 128 valence electrons. The van der Waals surface area contributed by atoms with Gasteiger partial charge < -0.3 is 0 Å². The summed E-state index contributed by atoms with van der Waals surface area (Å²) in [6.45, 7) is 8.39. The molecule has 1 heteroatoms. The fourth-order valence-corrected chi connectivity index (χ4v) is 3.38. The van der Waals surface area contributed by atoms with Crippen molar-refractivity contribution < 1.29 is 4.79 Å². The molecule has 1 aliphatic carbocycles. The number of aryl methyl sites for hydroxylation is 4. The Kier molecular flexibility index (Phi) is 5.03. The van der Waals surface area contributed by atoms with E-state index in [0.29, 0.717) is 0 Å². The van der Waals surface area contributed by atoms with Gasteiger partial charge in [0.15, 0.2) is 5.78 Å². The second kappa shape index (κ2) is 7.23. The summed E-state index contributed by atoms with van der Waals surface area (Å²) in [5.74, 6) is 0.216. The van der Waals surface area contributed by atoms with Crippen molar-refractivity contribution >= 4 is 17.9 Å². The number of allylic oxidation sites excluding steroid dienone is 2. The Morgan fingerprint density at radius 1 is 0.720 bits per heavy atom. The van der Waals surface area contributed by atoms with Crippen molar-refractivity contribution in [2.75, 3.05) is 0 Å². The van der Waals surface area contributed by atoms with Crippen LogP contribution in [-0.4, -0.2) is 5.78 Å². The minimum atomic E-state index is 0.216. The highest BCUT2D eigenvalue weighted by Crippen LogP contribution is 2.29. The van der Waals surface area contributed by atoms with Crippen LogP contribution in [0.2, 0.25) is 0 Å². The third-order valence-electron chi connectivity index (χ3n) is 5.00. The van der Waals surface area contributed by atoms with Crippen molar-refractivity contribution in [2.45, 2.75) is 47.0 Å². The first-order valence-electron chi connectivity index (χ1n) is 9.04. The largest absolute Gasteiger partial charge is 0.289 e. The monoisotopic (exact) mass is 330 g/mol. The average Bonchev–Trinajstić information content (AvgIpc) is 2.58. The molecule has 0 atom stereocenters. The smallest absolute Gasteiger partial charge is 0.185 e. The van der Waals surface area contributed by atoms with Gasteiger partial charge in [-0.3, -0.25) is 4.79 Å². The zero-order valence-corrected chi connectivity index (χ0v) is 15.6. The summed E-state index contributed by atoms with van der Waals surface area (Å²) < 4.78 is 0. The SMILES string of the molecule is Cc1ccc(C)c(/C=C2\CCC/C(=C\c3cc(C)ccc3C)C2=O)c1. The lowest BCUT2D eigenvalue weighted by Gasteiger charge is -2.17. The Hall–Kier alpha value is -2.41. The van der Waals surface area contributed by atoms with Gasteiger partial charge in [0.05, 0.1) is 0 Å². The molecule has 25 heavy (non-hydrogen) atoms. The zero-order chi connectivity index (χ0) is 18.0. The Bertz CT molecular complexity index is 809. The van der Waals surface area contributed by atoms with Crippen molar-refractivity contribution in [2.24, 2.45) is 0 Å². The van der Waals surface area contributed by atoms with Crippen molar-refractivity contribution in [3.05, 3.63) is 80.9 Å². The Morgan fingerprint density at radius 2 is 1.16 bits per heavy atom. The zero-order valence-electron chi connectivity index (χ0n) is 15.6. The lowest BCUT2D eigenvalue weighted by Crippen LogP contribution is -2.12. The molecule has 0 N–H and O–H groups in total. The summed E-state index contributed by atoms with van der Waals surface area (Å²) in [5, 5.41) is 0. The van der Waals surface area contributed by atoms with Crippen molar-refractivity contribution in [1.82, 2.24) is 0 Å². The highest BCUT2D eigenvalue weighted by molar-refractivity contribution is 6.14. The van der Waals surface area contributed by atoms with E-state index in [-0.39, 0.29) is 5.78 Å². The number of rotatable bonds is 2. The van der Waals surface area contributed by atoms with Gasteiger partial charge in [-0.25, -0.2) is 0 Å². The quantitative estimate of drug-likeness (QED) is 0.604. The van der Waals surface area contributed by atoms with E-state index in [1.807, 2.05) is 0 Å². The second-order valence-corrected chi connectivity index (χ2v) is 7.24. The molecular formula is C24H26O. The van der Waals surface area contributed by atoms with E-state index in [2.05, 4.69) is 76.2 Å². The lowest BCUT2D eigenvalue weighted by atomic mass is 9.86. The van der Waals surface area contributed by atoms with Gasteiger partial charge in [0, 0.05) is 11.1 Å². The van der Waals surface area contributed by atoms with E-state index in [1.54, 1.807) is 0 Å². The van der Waals surface area contributed by atoms with Crippen LogP contribution in [0.3, 0.4) is 0 Å². The number of carbonyl (C=O) groups is 1. The van der Waals surface area contributed by atoms with Gasteiger partial charge in [0.2, 0.25) is 0 Å². The van der Waals surface area contributed by atoms with Crippen LogP contribution in [0.25, 0.3) is 12.2 Å². The van der Waals surface area contributed by atoms with Gasteiger partial charge in [0.1, 0.15) is 0 Å². The highest BCUT2D eigenvalue weighted by atomic mass is 16.1. The third-order valence-corrected chi connectivity index (χ3v) is 5.00. The fraction of sp³-hybridized carbons (Fsp3) is 0.292. The molecule has 1 fully saturated rings. The molecule has 0 spiro atoms. The van der Waals surface area contributed by atoms with Crippen LogP contribution in [0, 0.1) is 27.7 Å². The van der Waals surface area contributed by atoms with E-state index in [1.165, 1.54) is 22.3 Å². The van der Waals surface area contributed by atoms with E-state index < -0.39 is 0 Å². The van der Waals surface area contributed by atoms with Crippen LogP contribution in [0.15, 0.2) is 47.5 Å². The van der Waals surface area contributed by atoms with Crippen molar-refractivity contribution in [3.8, 4) is 0 Å². The molecule has 1 aliphatic rings. The van der Waals surface area contributed by atoms with Crippen LogP contribution < -0.4 is 0 Å². The topological polar surface area (TPSA) is 17.1 Å². The van der Waals surface area contributed by atoms with Gasteiger partial charge in [-0.05, 0) is 81.4 Å². The third kappa shape index (κ3) is 3.99. The maximum absolute atomic E-state index is 13.0. The first-order chi connectivity index (χ1) is 11.9. The van der Waals surface area contributed by atoms with E-state index in [4.69, 9.17) is 0 Å². The Labute approximate surface area is 151 Å². The standard InChI is InChI=1S/C24H26O/c1-16-8-10-18(3)22(12-16)14-20-6-5-7-21(24(20)25)15-23-13-17(2)9-11-19(23)4/h8-15H,5-7H2,1-4H3/b20-14+,21-15+. The van der Waals surface area contributed by atoms with E-state index >= 15 is 0 Å². The summed E-state index contributed by atoms with van der Waals surface area (Å²) in [6.07, 6.45) is 6.98. The minimum Gasteiger partial charge on any atom is -0.289 e. The molecule has 0 aromatic heterocycles. The second-order valence-electron chi connectivity index (χ2n) is 7.24. The molecule has 0 heterocycles. The van der Waals surface area contributed by atoms with Crippen LogP contribution in [-0.2, 0) is 4.79 Å². The average molecular weight is 330 g/mol. The lowest BCUT2D eigenvalue weighted by molar-refractivity contribution is -0.112. The van der Waals surface area contributed by atoms with Crippen LogP contribution in [0.5, 0.6) is 0 Å². The van der Waals surface area contributed by atoms with Gasteiger partial charge >= 0.3 is 0 Å². The molecule has 3 rings (SSSR count). The highest BCUT2D eigenvalue weighted by Gasteiger charge is 2.21. The van der Waals surface area contributed by atoms with Crippen LogP contribution >= 0.6 is 0 Å². The van der Waals surface area contributed by atoms with Crippen molar-refractivity contribution in [1.29, 1.82) is 0 Å². The predicted molar refractivity (Wildman–Crippen MR) is 107 cm³/mol. The first kappa shape index (κ1) is 17.4. The summed E-state index contributed by atoms with van der Waals surface area (Å²) >= 11 is 0. The molecule has 0 aliphatic heterocycles. The Morgan fingerprint density at radius 3 is 1.60 bits per heavy atom. The minimum absolute atomic E-state index is 0.216. The first-order valence-corrected chi connectivity index (χ1v) is 9.04. The molecule has 0 saturated heterocycles. The maximum Gasteiger partial charge on any atom is 0.185 e. The number of carbonyl (C=O) groups excluding carboxylic acids is 1. The van der Waals surface area contributed by atoms with Crippen molar-refractivity contribution in [3.63, 3.8) is 0 Å². The Balaban J connectivity index is 1.96. The van der Waals surface area contributed by atoms with Gasteiger partial charge in [-0.1, -0.05) is 47.5 Å². The number of hydrogen-bond acceptors (Lipinski definition) is 1. The van der Waals surface area contributed by atoms with Gasteiger partial charge in [-0.2, -0.15) is 0 Å². The van der Waals surface area contributed by atoms with Gasteiger partial charge in [-0.15, -0.1) is 0 Å². The van der Waals surface area contributed by atoms with E-state index in [9.17, 15) is 4.79 Å². The molecule has 0 amide bonds. The molecule has 1 nitrogen and oxygen atoms in total. The van der Waals surface area contributed by atoms with E-state index in [0.717, 1.165) is 41.5 Å². The normalized spacial score (nSPS) is 18.2. The molecule has 2 aromatic rings. The molecule has 0 radical (unpaired) electrons. The molecule has 0 unspecified atom stereocenters. The molecule has 2 aromatic carbocycles. The maximum atomic E-state index is 13.0. The van der Waals surface area contributed by atoms with Crippen LogP contribution in [0.4, 0.5) is 0 Å². The predicted octanol–water partition coefficient (Wildman–Crippen LogP) is 6.14. The number of benzene rings is 2. The number of hydrogen-bond donors (Lipinski definition) is 0. The van der Waals surface area contributed by atoms with Gasteiger partial charge in [0.25, 0.3) is 0 Å². The summed E-state index contributed by atoms with van der Waals surface area (Å²) in [7, 11) is 0.